The Bertz CT molecular complexity index is 532. The summed E-state index contributed by atoms with van der Waals surface area (Å²) >= 11 is 0. The lowest BCUT2D eigenvalue weighted by atomic mass is 9.88. The van der Waals surface area contributed by atoms with Gasteiger partial charge in [-0.2, -0.15) is 0 Å². The average molecular weight is 316 g/mol. The van der Waals surface area contributed by atoms with Gasteiger partial charge in [0.1, 0.15) is 5.82 Å². The molecule has 0 unspecified atom stereocenters. The van der Waals surface area contributed by atoms with Gasteiger partial charge in [0.15, 0.2) is 0 Å². The van der Waals surface area contributed by atoms with Crippen molar-refractivity contribution in [2.75, 3.05) is 36.4 Å². The van der Waals surface area contributed by atoms with Crippen LogP contribution >= 0.6 is 0 Å². The molecule has 1 saturated heterocycles. The summed E-state index contributed by atoms with van der Waals surface area (Å²) in [4.78, 5) is 31.4. The maximum Gasteiger partial charge on any atom is 0.227 e. The van der Waals surface area contributed by atoms with Crippen LogP contribution in [0.5, 0.6) is 0 Å². The van der Waals surface area contributed by atoms with Crippen molar-refractivity contribution in [1.29, 1.82) is 0 Å². The molecule has 0 atom stereocenters. The van der Waals surface area contributed by atoms with Crippen LogP contribution in [0.25, 0.3) is 0 Å². The zero-order chi connectivity index (χ0) is 16.1. The number of pyridine rings is 1. The van der Waals surface area contributed by atoms with Crippen molar-refractivity contribution in [3.63, 3.8) is 0 Å². The molecule has 6 heteroatoms. The molecule has 3 rings (SSSR count). The fourth-order valence-electron chi connectivity index (χ4n) is 3.31. The molecule has 0 aromatic carbocycles. The van der Waals surface area contributed by atoms with Crippen LogP contribution in [0.15, 0.2) is 18.3 Å². The minimum absolute atomic E-state index is 0.124. The Balaban J connectivity index is 1.54. The number of piperazine rings is 1. The predicted molar refractivity (Wildman–Crippen MR) is 89.3 cm³/mol. The monoisotopic (exact) mass is 316 g/mol. The minimum atomic E-state index is 0.124. The second-order valence-corrected chi connectivity index (χ2v) is 6.36. The van der Waals surface area contributed by atoms with Crippen LogP contribution in [0.3, 0.4) is 0 Å². The number of rotatable bonds is 4. The molecule has 2 aliphatic rings. The van der Waals surface area contributed by atoms with Gasteiger partial charge in [0.2, 0.25) is 12.3 Å². The van der Waals surface area contributed by atoms with Crippen molar-refractivity contribution < 1.29 is 9.59 Å². The van der Waals surface area contributed by atoms with E-state index in [9.17, 15) is 9.59 Å². The van der Waals surface area contributed by atoms with Gasteiger partial charge in [-0.3, -0.25) is 9.59 Å². The number of carbonyl (C=O) groups is 2. The number of nitrogens with zero attached hydrogens (tertiary/aromatic N) is 3. The summed E-state index contributed by atoms with van der Waals surface area (Å²) in [6.45, 7) is 3.04. The molecule has 1 aromatic rings. The van der Waals surface area contributed by atoms with E-state index in [1.54, 1.807) is 11.1 Å². The quantitative estimate of drug-likeness (QED) is 0.861. The first kappa shape index (κ1) is 15.8. The van der Waals surface area contributed by atoms with Crippen LogP contribution in [0.2, 0.25) is 0 Å². The van der Waals surface area contributed by atoms with E-state index in [0.29, 0.717) is 0 Å². The van der Waals surface area contributed by atoms with Gasteiger partial charge < -0.3 is 15.1 Å². The average Bonchev–Trinajstić information content (AvgIpc) is 2.63. The Kier molecular flexibility index (Phi) is 5.10. The van der Waals surface area contributed by atoms with Crippen molar-refractivity contribution in [2.45, 2.75) is 32.1 Å². The van der Waals surface area contributed by atoms with Crippen molar-refractivity contribution in [2.24, 2.45) is 5.92 Å². The van der Waals surface area contributed by atoms with E-state index in [0.717, 1.165) is 69.8 Å². The third-order valence-corrected chi connectivity index (χ3v) is 4.78. The van der Waals surface area contributed by atoms with Gasteiger partial charge in [-0.1, -0.05) is 19.3 Å². The van der Waals surface area contributed by atoms with E-state index >= 15 is 0 Å². The number of amides is 2. The van der Waals surface area contributed by atoms with E-state index in [4.69, 9.17) is 0 Å². The van der Waals surface area contributed by atoms with Gasteiger partial charge in [0.25, 0.3) is 0 Å². The van der Waals surface area contributed by atoms with Gasteiger partial charge >= 0.3 is 0 Å². The van der Waals surface area contributed by atoms with Crippen molar-refractivity contribution in [3.8, 4) is 0 Å². The van der Waals surface area contributed by atoms with Gasteiger partial charge in [-0.05, 0) is 25.0 Å². The highest BCUT2D eigenvalue weighted by Gasteiger charge is 2.21. The summed E-state index contributed by atoms with van der Waals surface area (Å²) in [6, 6.07) is 3.85. The van der Waals surface area contributed by atoms with E-state index in [1.165, 1.54) is 6.42 Å². The highest BCUT2D eigenvalue weighted by Crippen LogP contribution is 2.25. The number of hydrogen-bond donors (Lipinski definition) is 1. The second kappa shape index (κ2) is 7.44. The maximum atomic E-state index is 12.2. The molecular weight excluding hydrogens is 292 g/mol. The number of carbonyl (C=O) groups excluding carboxylic acids is 2. The second-order valence-electron chi connectivity index (χ2n) is 6.36. The Morgan fingerprint density at radius 2 is 1.87 bits per heavy atom. The molecule has 0 radical (unpaired) electrons. The molecule has 6 nitrogen and oxygen atoms in total. The third-order valence-electron chi connectivity index (χ3n) is 4.78. The Morgan fingerprint density at radius 3 is 2.48 bits per heavy atom. The Hall–Kier alpha value is -2.11. The number of aromatic nitrogens is 1. The van der Waals surface area contributed by atoms with Gasteiger partial charge in [0, 0.05) is 32.1 Å². The van der Waals surface area contributed by atoms with Crippen LogP contribution in [-0.4, -0.2) is 48.4 Å². The molecule has 1 aliphatic carbocycles. The Morgan fingerprint density at radius 1 is 1.13 bits per heavy atom. The van der Waals surface area contributed by atoms with E-state index in [1.807, 2.05) is 12.1 Å². The number of anilines is 2. The van der Waals surface area contributed by atoms with Crippen molar-refractivity contribution in [3.05, 3.63) is 18.3 Å². The van der Waals surface area contributed by atoms with Gasteiger partial charge in [-0.15, -0.1) is 0 Å². The molecule has 2 fully saturated rings. The largest absolute Gasteiger partial charge is 0.353 e. The predicted octanol–water partition coefficient (Wildman–Crippen LogP) is 1.88. The van der Waals surface area contributed by atoms with E-state index in [2.05, 4.69) is 15.2 Å². The summed E-state index contributed by atoms with van der Waals surface area (Å²) in [6.07, 6.45) is 8.18. The van der Waals surface area contributed by atoms with Crippen molar-refractivity contribution >= 4 is 23.8 Å². The smallest absolute Gasteiger partial charge is 0.227 e. The van der Waals surface area contributed by atoms with Crippen LogP contribution in [0.4, 0.5) is 11.5 Å². The highest BCUT2D eigenvalue weighted by molar-refractivity contribution is 5.92. The molecule has 1 saturated carbocycles. The summed E-state index contributed by atoms with van der Waals surface area (Å²) in [5.41, 5.74) is 0.760. The molecule has 1 aromatic heterocycles. The summed E-state index contributed by atoms with van der Waals surface area (Å²) < 4.78 is 0. The van der Waals surface area contributed by atoms with E-state index < -0.39 is 0 Å². The van der Waals surface area contributed by atoms with E-state index in [-0.39, 0.29) is 11.8 Å². The molecule has 0 spiro atoms. The topological polar surface area (TPSA) is 65.5 Å². The van der Waals surface area contributed by atoms with Gasteiger partial charge in [-0.25, -0.2) is 4.98 Å². The first-order valence-corrected chi connectivity index (χ1v) is 8.47. The third kappa shape index (κ3) is 4.00. The van der Waals surface area contributed by atoms with Crippen LogP contribution < -0.4 is 10.2 Å². The zero-order valence-electron chi connectivity index (χ0n) is 13.4. The van der Waals surface area contributed by atoms with Crippen LogP contribution in [-0.2, 0) is 9.59 Å². The summed E-state index contributed by atoms with van der Waals surface area (Å²) in [7, 11) is 0. The molecule has 1 aliphatic heterocycles. The van der Waals surface area contributed by atoms with Crippen LogP contribution in [0, 0.1) is 5.92 Å². The van der Waals surface area contributed by atoms with Crippen LogP contribution in [0.1, 0.15) is 32.1 Å². The molecule has 0 bridgehead atoms. The fourth-order valence-corrected chi connectivity index (χ4v) is 3.31. The summed E-state index contributed by atoms with van der Waals surface area (Å²) in [5, 5.41) is 2.98. The zero-order valence-corrected chi connectivity index (χ0v) is 13.4. The highest BCUT2D eigenvalue weighted by atomic mass is 16.2. The summed E-state index contributed by atoms with van der Waals surface area (Å²) in [5.74, 6) is 1.17. The molecule has 2 heterocycles. The lowest BCUT2D eigenvalue weighted by Crippen LogP contribution is -2.46. The molecule has 23 heavy (non-hydrogen) atoms. The normalized spacial score (nSPS) is 19.5. The maximum absolute atomic E-state index is 12.2. The molecular formula is C17H24N4O2. The number of nitrogens with one attached hydrogen (secondary N) is 1. The Labute approximate surface area is 136 Å². The number of hydrogen-bond acceptors (Lipinski definition) is 4. The first-order valence-electron chi connectivity index (χ1n) is 8.47. The lowest BCUT2D eigenvalue weighted by Gasteiger charge is -2.33. The fraction of sp³-hybridized carbons (Fsp3) is 0.588. The SMILES string of the molecule is O=CN1CCN(c2ccc(NC(=O)C3CCCCC3)cn2)CC1. The lowest BCUT2D eigenvalue weighted by molar-refractivity contribution is -0.120. The standard InChI is InChI=1S/C17H24N4O2/c22-13-20-8-10-21(11-9-20)16-7-6-15(12-18-16)19-17(23)14-4-2-1-3-5-14/h6-7,12-14H,1-5,8-11H2,(H,19,23). The van der Waals surface area contributed by atoms with Gasteiger partial charge in [0.05, 0.1) is 11.9 Å². The molecule has 124 valence electrons. The molecule has 1 N–H and O–H groups in total. The van der Waals surface area contributed by atoms with Crippen molar-refractivity contribution in [1.82, 2.24) is 9.88 Å². The molecule has 2 amide bonds. The first-order chi connectivity index (χ1) is 11.3. The minimum Gasteiger partial charge on any atom is -0.353 e.